The average molecular weight is 541 g/mol. The quantitative estimate of drug-likeness (QED) is 0.237. The number of nitrogens with zero attached hydrogens (tertiary/aromatic N) is 2. The molecule has 2 heterocycles. The molecule has 0 bridgehead atoms. The van der Waals surface area contributed by atoms with E-state index in [9.17, 15) is 0 Å². The fraction of sp³-hybridized carbons (Fsp3) is 0.111. The van der Waals surface area contributed by atoms with Gasteiger partial charge in [-0.15, -0.1) is 29.7 Å². The molecule has 0 atom stereocenters. The molecule has 2 radical (unpaired) electrons. The van der Waals surface area contributed by atoms with Gasteiger partial charge in [0.1, 0.15) is 0 Å². The van der Waals surface area contributed by atoms with Crippen LogP contribution in [0.2, 0.25) is 0 Å². The van der Waals surface area contributed by atoms with Crippen molar-refractivity contribution in [2.75, 3.05) is 0 Å². The zero-order valence-corrected chi connectivity index (χ0v) is 18.1. The van der Waals surface area contributed by atoms with Gasteiger partial charge in [0.2, 0.25) is 0 Å². The van der Waals surface area contributed by atoms with Crippen LogP contribution in [-0.2, 0) is 52.8 Å². The molecular formula is C18H16IrN2Y-2. The second-order valence-corrected chi connectivity index (χ2v) is 5.03. The van der Waals surface area contributed by atoms with E-state index in [2.05, 4.69) is 47.5 Å². The van der Waals surface area contributed by atoms with Gasteiger partial charge in [-0.2, -0.15) is 0 Å². The molecule has 0 aliphatic rings. The Morgan fingerprint density at radius 2 is 1.82 bits per heavy atom. The van der Waals surface area contributed by atoms with Crippen LogP contribution in [0.15, 0.2) is 42.7 Å². The van der Waals surface area contributed by atoms with Crippen LogP contribution in [0.1, 0.15) is 11.1 Å². The first-order valence-corrected chi connectivity index (χ1v) is 6.42. The van der Waals surface area contributed by atoms with E-state index >= 15 is 0 Å². The molecule has 2 aromatic heterocycles. The van der Waals surface area contributed by atoms with Crippen LogP contribution < -0.4 is 0 Å². The van der Waals surface area contributed by atoms with Gasteiger partial charge in [0, 0.05) is 70.7 Å². The van der Waals surface area contributed by atoms with Crippen LogP contribution in [0.25, 0.3) is 27.3 Å². The molecule has 112 valence electrons. The first-order chi connectivity index (χ1) is 9.25. The predicted molar refractivity (Wildman–Crippen MR) is 84.9 cm³/mol. The number of hydrogen-bond donors (Lipinski definition) is 0. The van der Waals surface area contributed by atoms with Gasteiger partial charge < -0.3 is 11.8 Å². The molecule has 0 saturated heterocycles. The molecule has 0 spiro atoms. The van der Waals surface area contributed by atoms with E-state index in [1.165, 1.54) is 27.4 Å². The topological polar surface area (TPSA) is 17.3 Å². The summed E-state index contributed by atoms with van der Waals surface area (Å²) in [5.41, 5.74) is 4.81. The molecule has 4 rings (SSSR count). The molecule has 0 aliphatic carbocycles. The van der Waals surface area contributed by atoms with Crippen LogP contribution in [0.5, 0.6) is 0 Å². The number of benzene rings is 2. The van der Waals surface area contributed by atoms with Crippen LogP contribution in [0.3, 0.4) is 0 Å². The SMILES string of the molecule is Cc1cc2c3ccc[c-]c3c3nccn3c2cc1C.[CH3-].[Ir].[Y]. The van der Waals surface area contributed by atoms with Crippen LogP contribution in [0.4, 0.5) is 0 Å². The molecule has 0 unspecified atom stereocenters. The first-order valence-electron chi connectivity index (χ1n) is 6.42. The Balaban J connectivity index is 0.000000807. The maximum absolute atomic E-state index is 4.48. The van der Waals surface area contributed by atoms with E-state index in [1.54, 1.807) is 0 Å². The fourth-order valence-electron chi connectivity index (χ4n) is 2.75. The van der Waals surface area contributed by atoms with Gasteiger partial charge in [-0.1, -0.05) is 11.5 Å². The van der Waals surface area contributed by atoms with Crippen molar-refractivity contribution in [1.82, 2.24) is 9.38 Å². The third kappa shape index (κ3) is 2.80. The van der Waals surface area contributed by atoms with Crippen LogP contribution >= 0.6 is 0 Å². The Bertz CT molecular complexity index is 944. The third-order valence-electron chi connectivity index (χ3n) is 3.88. The summed E-state index contributed by atoms with van der Waals surface area (Å²) in [5, 5.41) is 3.57. The fourth-order valence-corrected chi connectivity index (χ4v) is 2.75. The minimum absolute atomic E-state index is 0. The van der Waals surface area contributed by atoms with Gasteiger partial charge in [-0.25, -0.2) is 0 Å². The van der Waals surface area contributed by atoms with E-state index in [0.717, 1.165) is 11.0 Å². The molecule has 2 nitrogen and oxygen atoms in total. The molecule has 0 fully saturated rings. The molecule has 0 saturated carbocycles. The van der Waals surface area contributed by atoms with Crippen molar-refractivity contribution in [3.8, 4) is 0 Å². The van der Waals surface area contributed by atoms with Gasteiger partial charge in [0.05, 0.1) is 5.65 Å². The third-order valence-corrected chi connectivity index (χ3v) is 3.88. The van der Waals surface area contributed by atoms with Crippen molar-refractivity contribution in [1.29, 1.82) is 0 Å². The minimum atomic E-state index is 0. The van der Waals surface area contributed by atoms with E-state index < -0.39 is 0 Å². The van der Waals surface area contributed by atoms with Crippen molar-refractivity contribution in [3.05, 3.63) is 67.3 Å². The summed E-state index contributed by atoms with van der Waals surface area (Å²) in [6.45, 7) is 4.31. The first kappa shape index (κ1) is 19.4. The normalized spacial score (nSPS) is 10.1. The maximum atomic E-state index is 4.48. The van der Waals surface area contributed by atoms with E-state index in [-0.39, 0.29) is 60.2 Å². The molecule has 2 aromatic carbocycles. The summed E-state index contributed by atoms with van der Waals surface area (Å²) in [5.74, 6) is 0. The number of rotatable bonds is 0. The standard InChI is InChI=1S/C17H13N2.CH3.Ir.Y/c1-11-9-15-13-5-3-4-6-14(13)17-18-7-8-19(17)16(15)10-12(11)2;;;/h3-5,7-10H,1-2H3;1H3;;/q2*-1;;. The summed E-state index contributed by atoms with van der Waals surface area (Å²) in [6, 6.07) is 14.0. The number of hydrogen-bond acceptors (Lipinski definition) is 1. The van der Waals surface area contributed by atoms with E-state index in [1.807, 2.05) is 24.5 Å². The van der Waals surface area contributed by atoms with Crippen LogP contribution in [-0.4, -0.2) is 9.38 Å². The van der Waals surface area contributed by atoms with Crippen molar-refractivity contribution in [2.24, 2.45) is 0 Å². The number of imidazole rings is 1. The maximum Gasteiger partial charge on any atom is 0.0608 e. The Labute approximate surface area is 169 Å². The summed E-state index contributed by atoms with van der Waals surface area (Å²) >= 11 is 0. The van der Waals surface area contributed by atoms with Crippen molar-refractivity contribution in [2.45, 2.75) is 13.8 Å². The molecular weight excluding hydrogens is 525 g/mol. The zero-order valence-electron chi connectivity index (χ0n) is 12.8. The summed E-state index contributed by atoms with van der Waals surface area (Å²) in [6.07, 6.45) is 3.87. The molecule has 4 aromatic rings. The van der Waals surface area contributed by atoms with E-state index in [4.69, 9.17) is 0 Å². The second kappa shape index (κ2) is 7.32. The number of aromatic nitrogens is 2. The average Bonchev–Trinajstić information content (AvgIpc) is 2.91. The number of aryl methyl sites for hydroxylation is 2. The number of pyridine rings is 1. The Morgan fingerprint density at radius 1 is 1.09 bits per heavy atom. The van der Waals surface area contributed by atoms with Crippen molar-refractivity contribution < 1.29 is 52.8 Å². The van der Waals surface area contributed by atoms with Crippen LogP contribution in [0, 0.1) is 27.3 Å². The second-order valence-electron chi connectivity index (χ2n) is 5.03. The Hall–Kier alpha value is -0.597. The molecule has 0 N–H and O–H groups in total. The van der Waals surface area contributed by atoms with Crippen molar-refractivity contribution >= 4 is 27.3 Å². The summed E-state index contributed by atoms with van der Waals surface area (Å²) in [4.78, 5) is 4.48. The molecule has 0 aliphatic heterocycles. The van der Waals surface area contributed by atoms with Gasteiger partial charge in [-0.05, 0) is 36.4 Å². The Kier molecular flexibility index (Phi) is 6.47. The van der Waals surface area contributed by atoms with Gasteiger partial charge in [0.15, 0.2) is 0 Å². The predicted octanol–water partition coefficient (Wildman–Crippen LogP) is 4.50. The summed E-state index contributed by atoms with van der Waals surface area (Å²) in [7, 11) is 0. The van der Waals surface area contributed by atoms with Gasteiger partial charge in [0.25, 0.3) is 0 Å². The summed E-state index contributed by atoms with van der Waals surface area (Å²) < 4.78 is 2.15. The number of fused-ring (bicyclic) bond motifs is 6. The minimum Gasteiger partial charge on any atom is -0.358 e. The largest absolute Gasteiger partial charge is 0.358 e. The Morgan fingerprint density at radius 3 is 2.59 bits per heavy atom. The molecule has 4 heteroatoms. The van der Waals surface area contributed by atoms with Crippen molar-refractivity contribution in [3.63, 3.8) is 0 Å². The zero-order chi connectivity index (χ0) is 13.0. The molecule has 22 heavy (non-hydrogen) atoms. The monoisotopic (exact) mass is 542 g/mol. The van der Waals surface area contributed by atoms with E-state index in [0.29, 0.717) is 0 Å². The van der Waals surface area contributed by atoms with Gasteiger partial charge >= 0.3 is 0 Å². The van der Waals surface area contributed by atoms with Gasteiger partial charge in [-0.3, -0.25) is 4.98 Å². The molecule has 0 amide bonds. The smallest absolute Gasteiger partial charge is 0.0608 e.